The summed E-state index contributed by atoms with van der Waals surface area (Å²) in [5, 5.41) is 0.882. The van der Waals surface area contributed by atoms with Crippen molar-refractivity contribution in [1.82, 2.24) is 4.90 Å². The molecule has 2 atom stereocenters. The average molecular weight is 315 g/mol. The maximum Gasteiger partial charge on any atom is 0.351 e. The molecule has 2 aliphatic heterocycles. The molecular weight excluding hydrogens is 294 g/mol. The van der Waals surface area contributed by atoms with Crippen LogP contribution >= 0.6 is 0 Å². The minimum Gasteiger partial charge on any atom is -0.462 e. The lowest BCUT2D eigenvalue weighted by molar-refractivity contribution is 0.0520. The van der Waals surface area contributed by atoms with Crippen LogP contribution < -0.4 is 16.3 Å². The van der Waals surface area contributed by atoms with Crippen molar-refractivity contribution in [3.05, 3.63) is 32.7 Å². The third kappa shape index (κ3) is 2.34. The van der Waals surface area contributed by atoms with E-state index in [0.29, 0.717) is 17.4 Å². The van der Waals surface area contributed by atoms with E-state index in [4.69, 9.17) is 9.15 Å². The molecule has 0 N–H and O–H groups in total. The summed E-state index contributed by atoms with van der Waals surface area (Å²) < 4.78 is 10.5. The molecule has 1 aliphatic carbocycles. The summed E-state index contributed by atoms with van der Waals surface area (Å²) in [6.07, 6.45) is 6.61. The van der Waals surface area contributed by atoms with Gasteiger partial charge in [-0.2, -0.15) is 0 Å². The first kappa shape index (κ1) is 14.7. The third-order valence-corrected chi connectivity index (χ3v) is 5.19. The summed E-state index contributed by atoms with van der Waals surface area (Å²) >= 11 is 0. The highest BCUT2D eigenvalue weighted by atomic mass is 16.5. The van der Waals surface area contributed by atoms with Gasteiger partial charge in [-0.15, -0.1) is 0 Å². The number of hydrogen-bond donors (Lipinski definition) is 0. The Balaban J connectivity index is 1.91. The van der Waals surface area contributed by atoms with Crippen molar-refractivity contribution in [3.63, 3.8) is 0 Å². The first-order valence-corrected chi connectivity index (χ1v) is 8.49. The molecule has 3 heterocycles. The SMILES string of the molecule is CCOC(=O)c1cc2c(oc1=O)=C1CCCN3CCCC(C=2)C13. The molecule has 2 unspecified atom stereocenters. The molecule has 122 valence electrons. The number of fused-ring (bicyclic) bond motifs is 1. The summed E-state index contributed by atoms with van der Waals surface area (Å²) in [6.45, 7) is 4.22. The molecule has 0 radical (unpaired) electrons. The zero-order chi connectivity index (χ0) is 16.0. The van der Waals surface area contributed by atoms with Crippen molar-refractivity contribution in [1.29, 1.82) is 0 Å². The molecule has 0 saturated carbocycles. The fourth-order valence-electron chi connectivity index (χ4n) is 4.31. The van der Waals surface area contributed by atoms with Crippen molar-refractivity contribution in [3.8, 4) is 0 Å². The van der Waals surface area contributed by atoms with Gasteiger partial charge in [0.15, 0.2) is 0 Å². The van der Waals surface area contributed by atoms with Gasteiger partial charge < -0.3 is 9.15 Å². The first-order chi connectivity index (χ1) is 11.2. The molecule has 1 aromatic rings. The van der Waals surface area contributed by atoms with Crippen LogP contribution in [0.4, 0.5) is 0 Å². The van der Waals surface area contributed by atoms with Crippen molar-refractivity contribution >= 4 is 17.6 Å². The zero-order valence-corrected chi connectivity index (χ0v) is 13.3. The Morgan fingerprint density at radius 2 is 2.22 bits per heavy atom. The normalized spacial score (nSPS) is 26.0. The van der Waals surface area contributed by atoms with Crippen LogP contribution in [-0.4, -0.2) is 36.6 Å². The maximum atomic E-state index is 12.2. The highest BCUT2D eigenvalue weighted by Crippen LogP contribution is 2.36. The summed E-state index contributed by atoms with van der Waals surface area (Å²) in [6, 6.07) is 2.04. The molecule has 2 saturated heterocycles. The van der Waals surface area contributed by atoms with Crippen molar-refractivity contribution in [2.75, 3.05) is 19.7 Å². The van der Waals surface area contributed by atoms with E-state index in [1.165, 1.54) is 12.0 Å². The van der Waals surface area contributed by atoms with Crippen LogP contribution in [0.2, 0.25) is 0 Å². The molecule has 5 nitrogen and oxygen atoms in total. The van der Waals surface area contributed by atoms with E-state index in [1.54, 1.807) is 13.0 Å². The van der Waals surface area contributed by atoms with Crippen LogP contribution in [0.3, 0.4) is 0 Å². The lowest BCUT2D eigenvalue weighted by atomic mass is 9.77. The molecule has 5 heteroatoms. The fraction of sp³-hybridized carbons (Fsp3) is 0.556. The van der Waals surface area contributed by atoms with Gasteiger partial charge in [-0.1, -0.05) is 6.08 Å². The second-order valence-corrected chi connectivity index (χ2v) is 6.53. The Hall–Kier alpha value is -1.88. The molecule has 23 heavy (non-hydrogen) atoms. The Kier molecular flexibility index (Phi) is 3.60. The fourth-order valence-corrected chi connectivity index (χ4v) is 4.31. The van der Waals surface area contributed by atoms with Gasteiger partial charge in [0.1, 0.15) is 11.0 Å². The highest BCUT2D eigenvalue weighted by molar-refractivity contribution is 5.88. The largest absolute Gasteiger partial charge is 0.462 e. The molecule has 4 rings (SSSR count). The van der Waals surface area contributed by atoms with Gasteiger partial charge in [0, 0.05) is 11.3 Å². The van der Waals surface area contributed by atoms with Crippen molar-refractivity contribution in [2.24, 2.45) is 5.92 Å². The van der Waals surface area contributed by atoms with E-state index in [1.807, 2.05) is 0 Å². The minimum atomic E-state index is -0.599. The maximum absolute atomic E-state index is 12.2. The Morgan fingerprint density at radius 1 is 1.39 bits per heavy atom. The van der Waals surface area contributed by atoms with Crippen molar-refractivity contribution < 1.29 is 13.9 Å². The van der Waals surface area contributed by atoms with Crippen LogP contribution in [0.25, 0.3) is 11.6 Å². The summed E-state index contributed by atoms with van der Waals surface area (Å²) in [5.74, 6) is -0.146. The predicted molar refractivity (Wildman–Crippen MR) is 85.4 cm³/mol. The minimum absolute atomic E-state index is 0.00405. The molecule has 3 aliphatic rings. The van der Waals surface area contributed by atoms with E-state index in [2.05, 4.69) is 11.0 Å². The molecule has 0 aromatic carbocycles. The number of hydrogen-bond acceptors (Lipinski definition) is 5. The van der Waals surface area contributed by atoms with Gasteiger partial charge in [-0.3, -0.25) is 4.90 Å². The Bertz CT molecular complexity index is 820. The Morgan fingerprint density at radius 3 is 3.04 bits per heavy atom. The van der Waals surface area contributed by atoms with Gasteiger partial charge in [0.25, 0.3) is 0 Å². The van der Waals surface area contributed by atoms with E-state index >= 15 is 0 Å². The summed E-state index contributed by atoms with van der Waals surface area (Å²) in [5.41, 5.74) is 1.35. The number of ether oxygens (including phenoxy) is 1. The standard InChI is InChI=1S/C18H21NO4/c1-2-22-17(20)14-10-12-9-11-5-3-7-19-8-4-6-13(15(11)19)16(12)23-18(14)21/h9-11,15H,2-8H2,1H3. The van der Waals surface area contributed by atoms with Crippen LogP contribution in [-0.2, 0) is 4.74 Å². The van der Waals surface area contributed by atoms with E-state index in [9.17, 15) is 9.59 Å². The number of nitrogens with zero attached hydrogens (tertiary/aromatic N) is 1. The van der Waals surface area contributed by atoms with Gasteiger partial charge in [-0.25, -0.2) is 9.59 Å². The van der Waals surface area contributed by atoms with Crippen LogP contribution in [0.5, 0.6) is 0 Å². The highest BCUT2D eigenvalue weighted by Gasteiger charge is 2.38. The molecule has 2 fully saturated rings. The lowest BCUT2D eigenvalue weighted by Gasteiger charge is -2.45. The second-order valence-electron chi connectivity index (χ2n) is 6.53. The molecule has 1 aromatic heterocycles. The van der Waals surface area contributed by atoms with E-state index < -0.39 is 11.6 Å². The second kappa shape index (κ2) is 5.64. The van der Waals surface area contributed by atoms with E-state index in [0.717, 1.165) is 37.6 Å². The molecule has 0 spiro atoms. The zero-order valence-electron chi connectivity index (χ0n) is 13.3. The number of carbonyl (C=O) groups is 1. The predicted octanol–water partition coefficient (Wildman–Crippen LogP) is 0.636. The molecular formula is C18H21NO4. The van der Waals surface area contributed by atoms with Crippen molar-refractivity contribution in [2.45, 2.75) is 38.6 Å². The van der Waals surface area contributed by atoms with Gasteiger partial charge in [0.05, 0.1) is 6.61 Å². The van der Waals surface area contributed by atoms with E-state index in [-0.39, 0.29) is 12.2 Å². The summed E-state index contributed by atoms with van der Waals surface area (Å²) in [7, 11) is 0. The van der Waals surface area contributed by atoms with Gasteiger partial charge in [-0.05, 0) is 63.3 Å². The topological polar surface area (TPSA) is 59.8 Å². The van der Waals surface area contributed by atoms with Crippen LogP contribution in [0, 0.1) is 5.92 Å². The Labute approximate surface area is 134 Å². The number of rotatable bonds is 2. The quantitative estimate of drug-likeness (QED) is 0.750. The average Bonchev–Trinajstić information content (AvgIpc) is 2.56. The molecule has 0 amide bonds. The van der Waals surface area contributed by atoms with Gasteiger partial charge >= 0.3 is 11.6 Å². The lowest BCUT2D eigenvalue weighted by Crippen LogP contribution is -2.54. The smallest absolute Gasteiger partial charge is 0.351 e. The van der Waals surface area contributed by atoms with Crippen LogP contribution in [0.1, 0.15) is 43.0 Å². The third-order valence-electron chi connectivity index (χ3n) is 5.19. The molecule has 0 bridgehead atoms. The van der Waals surface area contributed by atoms with Gasteiger partial charge in [0.2, 0.25) is 0 Å². The van der Waals surface area contributed by atoms with Crippen LogP contribution in [0.15, 0.2) is 15.3 Å². The monoisotopic (exact) mass is 315 g/mol. The number of esters is 1. The first-order valence-electron chi connectivity index (χ1n) is 8.49. The summed E-state index contributed by atoms with van der Waals surface area (Å²) in [4.78, 5) is 26.7. The number of piperidine rings is 2. The number of carbonyl (C=O) groups excluding carboxylic acids is 1.